The number of nitrogens with one attached hydrogen (secondary N) is 1. The summed E-state index contributed by atoms with van der Waals surface area (Å²) in [5.74, 6) is -1.59. The highest BCUT2D eigenvalue weighted by Gasteiger charge is 2.38. The molecule has 26 heavy (non-hydrogen) atoms. The Balaban J connectivity index is 2.03. The predicted molar refractivity (Wildman–Crippen MR) is 108 cm³/mol. The van der Waals surface area contributed by atoms with Crippen molar-refractivity contribution in [2.24, 2.45) is 0 Å². The number of thiocarbonyl (C=S) groups is 1. The molecule has 1 heterocycles. The lowest BCUT2D eigenvalue weighted by atomic mass is 10.2. The van der Waals surface area contributed by atoms with Crippen LogP contribution in [0.4, 0.5) is 0 Å². The quantitative estimate of drug-likeness (QED) is 0.372. The summed E-state index contributed by atoms with van der Waals surface area (Å²) in [5, 5.41) is 11.2. The third kappa shape index (κ3) is 5.39. The van der Waals surface area contributed by atoms with Gasteiger partial charge in [0.25, 0.3) is 5.91 Å². The summed E-state index contributed by atoms with van der Waals surface area (Å²) in [7, 11) is 0. The van der Waals surface area contributed by atoms with Gasteiger partial charge in [0.2, 0.25) is 5.91 Å². The van der Waals surface area contributed by atoms with Crippen molar-refractivity contribution in [2.45, 2.75) is 25.8 Å². The Morgan fingerprint density at radius 1 is 1.46 bits per heavy atom. The van der Waals surface area contributed by atoms with Gasteiger partial charge in [-0.3, -0.25) is 19.3 Å². The maximum atomic E-state index is 12.7. The van der Waals surface area contributed by atoms with E-state index in [0.717, 1.165) is 21.8 Å². The Hall–Kier alpha value is -1.71. The molecule has 1 aromatic carbocycles. The number of halogens is 1. The second-order valence-corrected chi connectivity index (χ2v) is 8.16. The molecule has 1 fully saturated rings. The highest BCUT2D eigenvalue weighted by molar-refractivity contribution is 9.10. The molecule has 1 unspecified atom stereocenters. The van der Waals surface area contributed by atoms with Crippen molar-refractivity contribution in [3.8, 4) is 0 Å². The highest BCUT2D eigenvalue weighted by atomic mass is 79.9. The minimum Gasteiger partial charge on any atom is -0.481 e. The van der Waals surface area contributed by atoms with E-state index in [1.807, 2.05) is 24.3 Å². The number of carboxylic acid groups (broad SMARTS) is 1. The lowest BCUT2D eigenvalue weighted by Crippen LogP contribution is -2.47. The lowest BCUT2D eigenvalue weighted by molar-refractivity contribution is -0.137. The van der Waals surface area contributed by atoms with Gasteiger partial charge in [0.1, 0.15) is 10.4 Å². The third-order valence-electron chi connectivity index (χ3n) is 3.60. The zero-order chi connectivity index (χ0) is 19.3. The third-order valence-corrected chi connectivity index (χ3v) is 5.43. The number of carbonyl (C=O) groups excluding carboxylic acids is 2. The fourth-order valence-electron chi connectivity index (χ4n) is 2.28. The van der Waals surface area contributed by atoms with Gasteiger partial charge in [0.15, 0.2) is 0 Å². The number of amides is 2. The van der Waals surface area contributed by atoms with Crippen molar-refractivity contribution in [1.29, 1.82) is 0 Å². The monoisotopic (exact) mass is 456 g/mol. The molecule has 0 bridgehead atoms. The van der Waals surface area contributed by atoms with Crippen molar-refractivity contribution in [3.05, 3.63) is 39.2 Å². The molecule has 6 nitrogen and oxygen atoms in total. The number of thioether (sulfide) groups is 1. The molecule has 1 atom stereocenters. The van der Waals surface area contributed by atoms with Crippen LogP contribution < -0.4 is 5.32 Å². The summed E-state index contributed by atoms with van der Waals surface area (Å²) < 4.78 is 1.22. The Morgan fingerprint density at radius 3 is 2.85 bits per heavy atom. The van der Waals surface area contributed by atoms with Crippen LogP contribution in [0.15, 0.2) is 33.6 Å². The summed E-state index contributed by atoms with van der Waals surface area (Å²) in [5.41, 5.74) is 0.852. The summed E-state index contributed by atoms with van der Waals surface area (Å²) in [6.07, 6.45) is 2.04. The molecule has 2 N–H and O–H groups in total. The molecule has 2 amide bonds. The first-order chi connectivity index (χ1) is 12.3. The number of hydrogen-bond acceptors (Lipinski definition) is 5. The van der Waals surface area contributed by atoms with E-state index in [0.29, 0.717) is 15.6 Å². The molecule has 0 saturated carbocycles. The van der Waals surface area contributed by atoms with Crippen LogP contribution in [-0.4, -0.2) is 44.7 Å². The van der Waals surface area contributed by atoms with Gasteiger partial charge in [0, 0.05) is 17.4 Å². The van der Waals surface area contributed by atoms with Crippen LogP contribution >= 0.6 is 39.9 Å². The van der Waals surface area contributed by atoms with Crippen LogP contribution in [0.3, 0.4) is 0 Å². The highest BCUT2D eigenvalue weighted by Crippen LogP contribution is 2.34. The van der Waals surface area contributed by atoms with Crippen LogP contribution in [0.5, 0.6) is 0 Å². The SMILES string of the molecule is CC(C(=O)NCCCC(=O)O)N1C(=O)/C(=C/c2cccc(Br)c2)SC1=S. The fraction of sp³-hybridized carbons (Fsp3) is 0.294. The van der Waals surface area contributed by atoms with Gasteiger partial charge in [-0.05, 0) is 37.1 Å². The molecule has 0 aliphatic carbocycles. The van der Waals surface area contributed by atoms with E-state index in [9.17, 15) is 14.4 Å². The largest absolute Gasteiger partial charge is 0.481 e. The number of carbonyl (C=O) groups is 3. The zero-order valence-electron chi connectivity index (χ0n) is 13.9. The molecular formula is C17H17BrN2O4S2. The Labute approximate surface area is 169 Å². The van der Waals surface area contributed by atoms with Gasteiger partial charge in [-0.2, -0.15) is 0 Å². The Kier molecular flexibility index (Phi) is 7.36. The fourth-order valence-corrected chi connectivity index (χ4v) is 4.11. The molecule has 1 saturated heterocycles. The van der Waals surface area contributed by atoms with E-state index in [1.165, 1.54) is 4.90 Å². The topological polar surface area (TPSA) is 86.7 Å². The molecule has 2 rings (SSSR count). The smallest absolute Gasteiger partial charge is 0.303 e. The van der Waals surface area contributed by atoms with Gasteiger partial charge in [-0.25, -0.2) is 0 Å². The average molecular weight is 457 g/mol. The van der Waals surface area contributed by atoms with Crippen LogP contribution in [-0.2, 0) is 14.4 Å². The number of nitrogens with zero attached hydrogens (tertiary/aromatic N) is 1. The standard InChI is InChI=1S/C17H17BrN2O4S2/c1-10(15(23)19-7-3-6-14(21)22)20-16(24)13(26-17(20)25)9-11-4-2-5-12(18)8-11/h2,4-5,8-10H,3,6-7H2,1H3,(H,19,23)(H,21,22)/b13-9-. The number of hydrogen-bond donors (Lipinski definition) is 2. The van der Waals surface area contributed by atoms with Crippen LogP contribution in [0.1, 0.15) is 25.3 Å². The maximum Gasteiger partial charge on any atom is 0.303 e. The summed E-state index contributed by atoms with van der Waals surface area (Å²) >= 11 is 9.80. The first-order valence-corrected chi connectivity index (χ1v) is 9.83. The molecule has 0 spiro atoms. The van der Waals surface area contributed by atoms with Crippen molar-refractivity contribution >= 4 is 68.1 Å². The summed E-state index contributed by atoms with van der Waals surface area (Å²) in [6.45, 7) is 1.83. The second kappa shape index (κ2) is 9.29. The number of rotatable bonds is 7. The molecule has 0 aromatic heterocycles. The van der Waals surface area contributed by atoms with E-state index in [2.05, 4.69) is 21.2 Å². The normalized spacial score (nSPS) is 16.8. The van der Waals surface area contributed by atoms with E-state index < -0.39 is 12.0 Å². The molecule has 138 valence electrons. The van der Waals surface area contributed by atoms with Crippen molar-refractivity contribution in [3.63, 3.8) is 0 Å². The van der Waals surface area contributed by atoms with Gasteiger partial charge in [-0.15, -0.1) is 0 Å². The minimum absolute atomic E-state index is 0.0227. The van der Waals surface area contributed by atoms with Gasteiger partial charge < -0.3 is 10.4 Å². The number of benzene rings is 1. The van der Waals surface area contributed by atoms with Gasteiger partial charge in [-0.1, -0.05) is 52.0 Å². The zero-order valence-corrected chi connectivity index (χ0v) is 17.1. The van der Waals surface area contributed by atoms with Crippen molar-refractivity contribution in [1.82, 2.24) is 10.2 Å². The molecule has 1 aromatic rings. The molecule has 1 aliphatic heterocycles. The van der Waals surface area contributed by atoms with Crippen LogP contribution in [0, 0.1) is 0 Å². The average Bonchev–Trinajstić information content (AvgIpc) is 2.84. The van der Waals surface area contributed by atoms with Crippen molar-refractivity contribution < 1.29 is 19.5 Å². The summed E-state index contributed by atoms with van der Waals surface area (Å²) in [6, 6.07) is 6.74. The van der Waals surface area contributed by atoms with Crippen LogP contribution in [0.25, 0.3) is 6.08 Å². The first-order valence-electron chi connectivity index (χ1n) is 7.81. The summed E-state index contributed by atoms with van der Waals surface area (Å²) in [4.78, 5) is 37.1. The Morgan fingerprint density at radius 2 is 2.19 bits per heavy atom. The maximum absolute atomic E-state index is 12.7. The predicted octanol–water partition coefficient (Wildman–Crippen LogP) is 3.02. The van der Waals surface area contributed by atoms with E-state index >= 15 is 0 Å². The molecular weight excluding hydrogens is 440 g/mol. The van der Waals surface area contributed by atoms with Crippen LogP contribution in [0.2, 0.25) is 0 Å². The lowest BCUT2D eigenvalue weighted by Gasteiger charge is -2.22. The molecule has 1 aliphatic rings. The number of aliphatic carboxylic acids is 1. The minimum atomic E-state index is -0.915. The van der Waals surface area contributed by atoms with E-state index in [-0.39, 0.29) is 24.8 Å². The number of carboxylic acids is 1. The molecule has 0 radical (unpaired) electrons. The molecule has 9 heteroatoms. The first kappa shape index (κ1) is 20.6. The van der Waals surface area contributed by atoms with Gasteiger partial charge >= 0.3 is 5.97 Å². The second-order valence-electron chi connectivity index (χ2n) is 5.57. The van der Waals surface area contributed by atoms with E-state index in [4.69, 9.17) is 17.3 Å². The van der Waals surface area contributed by atoms with Crippen molar-refractivity contribution in [2.75, 3.05) is 6.54 Å². The Bertz CT molecular complexity index is 782. The van der Waals surface area contributed by atoms with E-state index in [1.54, 1.807) is 13.0 Å². The van der Waals surface area contributed by atoms with Gasteiger partial charge in [0.05, 0.1) is 4.91 Å².